The molecule has 2 saturated heterocycles. The maximum Gasteiger partial charge on any atom is 0.193 e. The van der Waals surface area contributed by atoms with Crippen molar-refractivity contribution in [2.24, 2.45) is 4.99 Å². The number of nitrogens with zero attached hydrogens (tertiary/aromatic N) is 3. The minimum Gasteiger partial charge on any atom is -0.379 e. The molecule has 1 aromatic rings. The minimum absolute atomic E-state index is 0.291. The van der Waals surface area contributed by atoms with Gasteiger partial charge < -0.3 is 19.7 Å². The average Bonchev–Trinajstić information content (AvgIpc) is 2.75. The van der Waals surface area contributed by atoms with Crippen molar-refractivity contribution >= 4 is 5.96 Å². The average molecular weight is 389 g/mol. The SMILES string of the molecule is CCNC(=NCC(c1ccccc1)N1CCOCC1)N1CCC(OCC)CC1. The molecule has 0 bridgehead atoms. The molecule has 0 spiro atoms. The summed E-state index contributed by atoms with van der Waals surface area (Å²) in [6.45, 7) is 12.2. The van der Waals surface area contributed by atoms with E-state index in [1.807, 2.05) is 0 Å². The molecule has 1 atom stereocenters. The number of rotatable bonds is 7. The summed E-state index contributed by atoms with van der Waals surface area (Å²) in [6, 6.07) is 11.0. The molecule has 6 nitrogen and oxygen atoms in total. The summed E-state index contributed by atoms with van der Waals surface area (Å²) >= 11 is 0. The quantitative estimate of drug-likeness (QED) is 0.575. The van der Waals surface area contributed by atoms with Gasteiger partial charge in [-0.25, -0.2) is 0 Å². The smallest absolute Gasteiger partial charge is 0.193 e. The van der Waals surface area contributed by atoms with Crippen molar-refractivity contribution in [1.82, 2.24) is 15.1 Å². The second-order valence-corrected chi connectivity index (χ2v) is 7.41. The van der Waals surface area contributed by atoms with Crippen LogP contribution >= 0.6 is 0 Å². The second kappa shape index (κ2) is 11.4. The third-order valence-electron chi connectivity index (χ3n) is 5.56. The number of benzene rings is 1. The molecule has 2 aliphatic rings. The van der Waals surface area contributed by atoms with Crippen LogP contribution in [-0.2, 0) is 9.47 Å². The molecule has 0 aromatic heterocycles. The van der Waals surface area contributed by atoms with Gasteiger partial charge in [-0.15, -0.1) is 0 Å². The number of guanidine groups is 1. The molecule has 2 fully saturated rings. The third kappa shape index (κ3) is 5.93. The molecule has 2 heterocycles. The number of ether oxygens (including phenoxy) is 2. The topological polar surface area (TPSA) is 49.3 Å². The van der Waals surface area contributed by atoms with E-state index in [2.05, 4.69) is 59.3 Å². The number of hydrogen-bond donors (Lipinski definition) is 1. The highest BCUT2D eigenvalue weighted by atomic mass is 16.5. The summed E-state index contributed by atoms with van der Waals surface area (Å²) < 4.78 is 11.4. The van der Waals surface area contributed by atoms with Crippen LogP contribution in [0.15, 0.2) is 35.3 Å². The van der Waals surface area contributed by atoms with E-state index in [9.17, 15) is 0 Å². The zero-order valence-electron chi connectivity index (χ0n) is 17.5. The lowest BCUT2D eigenvalue weighted by Gasteiger charge is -2.36. The highest BCUT2D eigenvalue weighted by molar-refractivity contribution is 5.80. The van der Waals surface area contributed by atoms with Crippen molar-refractivity contribution in [2.75, 3.05) is 59.1 Å². The Morgan fingerprint density at radius 2 is 1.86 bits per heavy atom. The Labute approximate surface area is 169 Å². The molecule has 0 amide bonds. The molecule has 28 heavy (non-hydrogen) atoms. The highest BCUT2D eigenvalue weighted by Gasteiger charge is 2.24. The first kappa shape index (κ1) is 21.1. The van der Waals surface area contributed by atoms with Gasteiger partial charge in [0.05, 0.1) is 31.9 Å². The molecule has 3 rings (SSSR count). The maximum absolute atomic E-state index is 5.80. The summed E-state index contributed by atoms with van der Waals surface area (Å²) in [5.74, 6) is 1.03. The Hall–Kier alpha value is -1.63. The van der Waals surface area contributed by atoms with E-state index >= 15 is 0 Å². The molecular weight excluding hydrogens is 352 g/mol. The van der Waals surface area contributed by atoms with Gasteiger partial charge in [-0.3, -0.25) is 9.89 Å². The molecular formula is C22H36N4O2. The molecule has 156 valence electrons. The Morgan fingerprint density at radius 3 is 2.50 bits per heavy atom. The van der Waals surface area contributed by atoms with Crippen LogP contribution in [0.5, 0.6) is 0 Å². The number of nitrogens with one attached hydrogen (secondary N) is 1. The van der Waals surface area contributed by atoms with Gasteiger partial charge in [-0.05, 0) is 32.3 Å². The van der Waals surface area contributed by atoms with Crippen molar-refractivity contribution in [2.45, 2.75) is 38.8 Å². The van der Waals surface area contributed by atoms with Crippen LogP contribution in [0.1, 0.15) is 38.3 Å². The van der Waals surface area contributed by atoms with Crippen LogP contribution in [0.25, 0.3) is 0 Å². The van der Waals surface area contributed by atoms with Crippen LogP contribution in [0.2, 0.25) is 0 Å². The third-order valence-corrected chi connectivity index (χ3v) is 5.56. The highest BCUT2D eigenvalue weighted by Crippen LogP contribution is 2.22. The lowest BCUT2D eigenvalue weighted by Crippen LogP contribution is -2.47. The molecule has 0 saturated carbocycles. The molecule has 0 radical (unpaired) electrons. The first-order valence-electron chi connectivity index (χ1n) is 10.8. The van der Waals surface area contributed by atoms with E-state index in [0.717, 1.165) is 77.9 Å². The van der Waals surface area contributed by atoms with E-state index in [1.54, 1.807) is 0 Å². The van der Waals surface area contributed by atoms with Gasteiger partial charge in [-0.1, -0.05) is 30.3 Å². The summed E-state index contributed by atoms with van der Waals surface area (Å²) in [4.78, 5) is 9.96. The van der Waals surface area contributed by atoms with Crippen molar-refractivity contribution in [3.63, 3.8) is 0 Å². The van der Waals surface area contributed by atoms with E-state index in [4.69, 9.17) is 14.5 Å². The van der Waals surface area contributed by atoms with Crippen LogP contribution in [0, 0.1) is 0 Å². The van der Waals surface area contributed by atoms with Gasteiger partial charge in [0, 0.05) is 39.3 Å². The Kier molecular flexibility index (Phi) is 8.58. The number of piperidine rings is 1. The van der Waals surface area contributed by atoms with Gasteiger partial charge in [0.2, 0.25) is 0 Å². The first-order chi connectivity index (χ1) is 13.8. The standard InChI is InChI=1S/C22H36N4O2/c1-3-23-22(26-12-10-20(11-13-26)28-4-2)24-18-21(19-8-6-5-7-9-19)25-14-16-27-17-15-25/h5-9,20-21H,3-4,10-18H2,1-2H3,(H,23,24). The fourth-order valence-corrected chi connectivity index (χ4v) is 4.06. The largest absolute Gasteiger partial charge is 0.379 e. The fraction of sp³-hybridized carbons (Fsp3) is 0.682. The number of aliphatic imine (C=N–C) groups is 1. The van der Waals surface area contributed by atoms with Gasteiger partial charge in [0.1, 0.15) is 0 Å². The monoisotopic (exact) mass is 388 g/mol. The number of morpholine rings is 1. The Balaban J connectivity index is 1.69. The number of hydrogen-bond acceptors (Lipinski definition) is 4. The molecule has 6 heteroatoms. The lowest BCUT2D eigenvalue weighted by atomic mass is 10.0. The first-order valence-corrected chi connectivity index (χ1v) is 10.8. The van der Waals surface area contributed by atoms with Gasteiger partial charge in [-0.2, -0.15) is 0 Å². The van der Waals surface area contributed by atoms with Crippen molar-refractivity contribution in [1.29, 1.82) is 0 Å². The van der Waals surface area contributed by atoms with Crippen molar-refractivity contribution in [3.8, 4) is 0 Å². The van der Waals surface area contributed by atoms with Crippen LogP contribution in [-0.4, -0.2) is 81.0 Å². The van der Waals surface area contributed by atoms with Crippen LogP contribution in [0.3, 0.4) is 0 Å². The van der Waals surface area contributed by atoms with Gasteiger partial charge >= 0.3 is 0 Å². The Morgan fingerprint density at radius 1 is 1.14 bits per heavy atom. The van der Waals surface area contributed by atoms with E-state index in [0.29, 0.717) is 12.1 Å². The van der Waals surface area contributed by atoms with Gasteiger partial charge in [0.25, 0.3) is 0 Å². The summed E-state index contributed by atoms with van der Waals surface area (Å²) in [7, 11) is 0. The van der Waals surface area contributed by atoms with Crippen LogP contribution < -0.4 is 5.32 Å². The van der Waals surface area contributed by atoms with Crippen molar-refractivity contribution < 1.29 is 9.47 Å². The lowest BCUT2D eigenvalue weighted by molar-refractivity contribution is 0.0177. The van der Waals surface area contributed by atoms with E-state index in [-0.39, 0.29) is 0 Å². The summed E-state index contributed by atoms with van der Waals surface area (Å²) in [5.41, 5.74) is 1.33. The molecule has 1 aromatic carbocycles. The fourth-order valence-electron chi connectivity index (χ4n) is 4.06. The Bertz CT molecular complexity index is 581. The van der Waals surface area contributed by atoms with Crippen molar-refractivity contribution in [3.05, 3.63) is 35.9 Å². The maximum atomic E-state index is 5.80. The molecule has 1 N–H and O–H groups in total. The summed E-state index contributed by atoms with van der Waals surface area (Å²) in [6.07, 6.45) is 2.54. The molecule has 0 aliphatic carbocycles. The van der Waals surface area contributed by atoms with Crippen LogP contribution in [0.4, 0.5) is 0 Å². The zero-order chi connectivity index (χ0) is 19.6. The van der Waals surface area contributed by atoms with E-state index < -0.39 is 0 Å². The van der Waals surface area contributed by atoms with E-state index in [1.165, 1.54) is 5.56 Å². The predicted molar refractivity (Wildman–Crippen MR) is 114 cm³/mol. The second-order valence-electron chi connectivity index (χ2n) is 7.41. The normalized spacial score (nSPS) is 20.9. The summed E-state index contributed by atoms with van der Waals surface area (Å²) in [5, 5.41) is 3.50. The minimum atomic E-state index is 0.291. The predicted octanol–water partition coefficient (Wildman–Crippen LogP) is 2.53. The molecule has 1 unspecified atom stereocenters. The number of likely N-dealkylation sites (tertiary alicyclic amines) is 1. The zero-order valence-corrected chi connectivity index (χ0v) is 17.5. The van der Waals surface area contributed by atoms with Gasteiger partial charge in [0.15, 0.2) is 5.96 Å². The molecule has 2 aliphatic heterocycles.